The van der Waals surface area contributed by atoms with E-state index in [-0.39, 0.29) is 0 Å². The molecule has 2 unspecified atom stereocenters. The van der Waals surface area contributed by atoms with Gasteiger partial charge in [0.2, 0.25) is 0 Å². The van der Waals surface area contributed by atoms with Crippen LogP contribution in [0.2, 0.25) is 0 Å². The molecule has 0 bridgehead atoms. The number of nitrogens with one attached hydrogen (secondary N) is 1. The van der Waals surface area contributed by atoms with Crippen LogP contribution in [0.4, 0.5) is 0 Å². The van der Waals surface area contributed by atoms with E-state index in [0.717, 1.165) is 24.0 Å². The fraction of sp³-hybridized carbons (Fsp3) is 1.00. The molecular formula is C15H28N2. The van der Waals surface area contributed by atoms with Gasteiger partial charge in [0.25, 0.3) is 0 Å². The molecule has 2 nitrogen and oxygen atoms in total. The molecule has 2 heteroatoms. The Hall–Kier alpha value is -0.0800. The molecule has 3 fully saturated rings. The first-order valence-electron chi connectivity index (χ1n) is 7.87. The summed E-state index contributed by atoms with van der Waals surface area (Å²) in [7, 11) is 0. The molecule has 1 heterocycles. The van der Waals surface area contributed by atoms with Crippen LogP contribution >= 0.6 is 0 Å². The number of rotatable bonds is 6. The molecule has 0 aromatic carbocycles. The highest BCUT2D eigenvalue weighted by Gasteiger charge is 2.41. The minimum atomic E-state index is 0.789. The zero-order chi connectivity index (χ0) is 11.7. The van der Waals surface area contributed by atoms with E-state index in [9.17, 15) is 0 Å². The van der Waals surface area contributed by atoms with Crippen molar-refractivity contribution in [3.05, 3.63) is 0 Å². The van der Waals surface area contributed by atoms with Crippen LogP contribution in [0.25, 0.3) is 0 Å². The lowest BCUT2D eigenvalue weighted by Gasteiger charge is -2.36. The Kier molecular flexibility index (Phi) is 3.72. The van der Waals surface area contributed by atoms with Crippen LogP contribution in [-0.2, 0) is 0 Å². The van der Waals surface area contributed by atoms with Crippen molar-refractivity contribution in [2.45, 2.75) is 76.4 Å². The first kappa shape index (κ1) is 12.0. The van der Waals surface area contributed by atoms with Gasteiger partial charge in [0.05, 0.1) is 0 Å². The summed E-state index contributed by atoms with van der Waals surface area (Å²) in [5, 5.41) is 3.73. The van der Waals surface area contributed by atoms with Crippen LogP contribution in [0.5, 0.6) is 0 Å². The summed E-state index contributed by atoms with van der Waals surface area (Å²) in [4.78, 5) is 2.89. The summed E-state index contributed by atoms with van der Waals surface area (Å²) in [5.41, 5.74) is 0. The van der Waals surface area contributed by atoms with Gasteiger partial charge in [0.15, 0.2) is 0 Å². The van der Waals surface area contributed by atoms with Crippen LogP contribution in [0, 0.1) is 5.92 Å². The van der Waals surface area contributed by atoms with E-state index in [1.807, 2.05) is 0 Å². The van der Waals surface area contributed by atoms with Crippen LogP contribution in [0.3, 0.4) is 0 Å². The Labute approximate surface area is 106 Å². The van der Waals surface area contributed by atoms with Gasteiger partial charge in [-0.3, -0.25) is 4.90 Å². The summed E-state index contributed by atoms with van der Waals surface area (Å²) in [6.07, 6.45) is 11.5. The highest BCUT2D eigenvalue weighted by atomic mass is 15.2. The van der Waals surface area contributed by atoms with Crippen molar-refractivity contribution >= 4 is 0 Å². The molecule has 3 rings (SSSR count). The maximum absolute atomic E-state index is 3.73. The maximum atomic E-state index is 3.73. The average Bonchev–Trinajstić information content (AvgIpc) is 3.22. The van der Waals surface area contributed by atoms with Crippen LogP contribution < -0.4 is 5.32 Å². The molecule has 2 atom stereocenters. The first-order chi connectivity index (χ1) is 8.38. The van der Waals surface area contributed by atoms with Crippen molar-refractivity contribution < 1.29 is 0 Å². The lowest BCUT2D eigenvalue weighted by atomic mass is 10.0. The number of hydrogen-bond donors (Lipinski definition) is 1. The number of hydrogen-bond acceptors (Lipinski definition) is 2. The van der Waals surface area contributed by atoms with Gasteiger partial charge < -0.3 is 5.32 Å². The molecule has 0 amide bonds. The fourth-order valence-electron chi connectivity index (χ4n) is 3.62. The van der Waals surface area contributed by atoms with E-state index < -0.39 is 0 Å². The number of nitrogens with zero attached hydrogens (tertiary/aromatic N) is 1. The van der Waals surface area contributed by atoms with Crippen molar-refractivity contribution in [2.75, 3.05) is 13.1 Å². The van der Waals surface area contributed by atoms with Gasteiger partial charge in [-0.05, 0) is 57.4 Å². The fourth-order valence-corrected chi connectivity index (χ4v) is 3.62. The Morgan fingerprint density at radius 1 is 1.12 bits per heavy atom. The molecule has 0 radical (unpaired) electrons. The SMILES string of the molecule is CCC(C1CC1)N(CC1CCCCN1)C1CC1. The van der Waals surface area contributed by atoms with Gasteiger partial charge in [-0.25, -0.2) is 0 Å². The molecule has 98 valence electrons. The molecule has 0 spiro atoms. The summed E-state index contributed by atoms with van der Waals surface area (Å²) in [5.74, 6) is 1.05. The van der Waals surface area contributed by atoms with Gasteiger partial charge in [0, 0.05) is 24.7 Å². The summed E-state index contributed by atoms with van der Waals surface area (Å²) < 4.78 is 0. The Bertz CT molecular complexity index is 239. The topological polar surface area (TPSA) is 15.3 Å². The van der Waals surface area contributed by atoms with Crippen molar-refractivity contribution in [2.24, 2.45) is 5.92 Å². The van der Waals surface area contributed by atoms with E-state index in [0.29, 0.717) is 0 Å². The van der Waals surface area contributed by atoms with Gasteiger partial charge in [-0.15, -0.1) is 0 Å². The second-order valence-corrected chi connectivity index (χ2v) is 6.39. The minimum absolute atomic E-state index is 0.789. The van der Waals surface area contributed by atoms with Crippen LogP contribution in [0.15, 0.2) is 0 Å². The molecular weight excluding hydrogens is 208 g/mol. The zero-order valence-electron chi connectivity index (χ0n) is 11.3. The molecule has 1 N–H and O–H groups in total. The minimum Gasteiger partial charge on any atom is -0.313 e. The second-order valence-electron chi connectivity index (χ2n) is 6.39. The standard InChI is InChI=1S/C15H28N2/c1-2-15(12-6-7-12)17(14-8-9-14)11-13-5-3-4-10-16-13/h12-16H,2-11H2,1H3. The highest BCUT2D eigenvalue weighted by Crippen LogP contribution is 2.41. The van der Waals surface area contributed by atoms with Crippen molar-refractivity contribution in [1.29, 1.82) is 0 Å². The van der Waals surface area contributed by atoms with Gasteiger partial charge >= 0.3 is 0 Å². The summed E-state index contributed by atoms with van der Waals surface area (Å²) in [6, 6.07) is 2.65. The number of piperidine rings is 1. The molecule has 17 heavy (non-hydrogen) atoms. The van der Waals surface area contributed by atoms with Gasteiger partial charge in [-0.2, -0.15) is 0 Å². The predicted molar refractivity (Wildman–Crippen MR) is 72.2 cm³/mol. The Morgan fingerprint density at radius 2 is 1.94 bits per heavy atom. The molecule has 0 aromatic rings. The molecule has 1 aliphatic heterocycles. The molecule has 2 saturated carbocycles. The second kappa shape index (κ2) is 5.27. The third kappa shape index (κ3) is 3.03. The Balaban J connectivity index is 1.58. The van der Waals surface area contributed by atoms with Crippen molar-refractivity contribution in [3.63, 3.8) is 0 Å². The molecule has 2 aliphatic carbocycles. The predicted octanol–water partition coefficient (Wildman–Crippen LogP) is 2.78. The summed E-state index contributed by atoms with van der Waals surface area (Å²) >= 11 is 0. The van der Waals surface area contributed by atoms with E-state index >= 15 is 0 Å². The van der Waals surface area contributed by atoms with Gasteiger partial charge in [0.1, 0.15) is 0 Å². The van der Waals surface area contributed by atoms with E-state index in [4.69, 9.17) is 0 Å². The molecule has 1 saturated heterocycles. The van der Waals surface area contributed by atoms with Crippen molar-refractivity contribution in [3.8, 4) is 0 Å². The van der Waals surface area contributed by atoms with E-state index in [1.54, 1.807) is 0 Å². The Morgan fingerprint density at radius 3 is 2.47 bits per heavy atom. The first-order valence-corrected chi connectivity index (χ1v) is 7.87. The lowest BCUT2D eigenvalue weighted by Crippen LogP contribution is -2.48. The third-order valence-corrected chi connectivity index (χ3v) is 4.87. The zero-order valence-corrected chi connectivity index (χ0v) is 11.3. The molecule has 0 aromatic heterocycles. The van der Waals surface area contributed by atoms with Gasteiger partial charge in [-0.1, -0.05) is 13.3 Å². The van der Waals surface area contributed by atoms with Crippen LogP contribution in [0.1, 0.15) is 58.3 Å². The average molecular weight is 236 g/mol. The monoisotopic (exact) mass is 236 g/mol. The maximum Gasteiger partial charge on any atom is 0.0195 e. The quantitative estimate of drug-likeness (QED) is 0.763. The molecule has 3 aliphatic rings. The van der Waals surface area contributed by atoms with Crippen LogP contribution in [-0.4, -0.2) is 36.1 Å². The smallest absolute Gasteiger partial charge is 0.0195 e. The lowest BCUT2D eigenvalue weighted by molar-refractivity contribution is 0.136. The van der Waals surface area contributed by atoms with Crippen molar-refractivity contribution in [1.82, 2.24) is 10.2 Å². The third-order valence-electron chi connectivity index (χ3n) is 4.87. The van der Waals surface area contributed by atoms with E-state index in [2.05, 4.69) is 17.1 Å². The normalized spacial score (nSPS) is 31.8. The largest absolute Gasteiger partial charge is 0.313 e. The highest BCUT2D eigenvalue weighted by molar-refractivity contribution is 4.96. The van der Waals surface area contributed by atoms with E-state index in [1.165, 1.54) is 64.5 Å². The summed E-state index contributed by atoms with van der Waals surface area (Å²) in [6.45, 7) is 4.98.